The van der Waals surface area contributed by atoms with Crippen molar-refractivity contribution in [1.82, 2.24) is 5.32 Å². The Morgan fingerprint density at radius 3 is 2.41 bits per heavy atom. The third kappa shape index (κ3) is 8.50. The van der Waals surface area contributed by atoms with E-state index in [1.165, 1.54) is 6.20 Å². The molecule has 29 heavy (non-hydrogen) atoms. The maximum absolute atomic E-state index is 12.1. The van der Waals surface area contributed by atoms with Gasteiger partial charge in [0.2, 0.25) is 0 Å². The number of benzene rings is 2. The first kappa shape index (κ1) is 22.0. The molecular formula is C23H27N3O3. The maximum Gasteiger partial charge on any atom is 0.263 e. The van der Waals surface area contributed by atoms with Gasteiger partial charge in [-0.05, 0) is 49.2 Å². The number of hydrogen-bond acceptors (Lipinski definition) is 5. The number of ether oxygens (including phenoxy) is 2. The summed E-state index contributed by atoms with van der Waals surface area (Å²) in [4.78, 5) is 12.1. The summed E-state index contributed by atoms with van der Waals surface area (Å²) in [5.74, 6) is 1.05. The predicted octanol–water partition coefficient (Wildman–Crippen LogP) is 4.62. The highest BCUT2D eigenvalue weighted by molar-refractivity contribution is 5.97. The fraction of sp³-hybridized carbons (Fsp3) is 0.304. The van der Waals surface area contributed by atoms with Gasteiger partial charge in [0, 0.05) is 31.6 Å². The van der Waals surface area contributed by atoms with Crippen LogP contribution in [-0.2, 0) is 9.53 Å². The van der Waals surface area contributed by atoms with E-state index >= 15 is 0 Å². The second-order valence-corrected chi connectivity index (χ2v) is 6.33. The molecule has 0 aliphatic heterocycles. The Labute approximate surface area is 172 Å². The Kier molecular flexibility index (Phi) is 9.84. The topological polar surface area (TPSA) is 83.4 Å². The SMILES string of the molecule is CCCCOCCCNC(=O)/C(C#N)=C\Nc1ccc(Oc2ccccc2)cc1. The Balaban J connectivity index is 1.77. The quantitative estimate of drug-likeness (QED) is 0.312. The van der Waals surface area contributed by atoms with E-state index in [1.54, 1.807) is 0 Å². The Bertz CT molecular complexity index is 812. The van der Waals surface area contributed by atoms with Crippen molar-refractivity contribution in [3.05, 3.63) is 66.4 Å². The van der Waals surface area contributed by atoms with Crippen LogP contribution in [0.5, 0.6) is 11.5 Å². The predicted molar refractivity (Wildman–Crippen MR) is 114 cm³/mol. The molecule has 0 radical (unpaired) electrons. The molecule has 0 atom stereocenters. The molecule has 0 aliphatic rings. The smallest absolute Gasteiger partial charge is 0.263 e. The summed E-state index contributed by atoms with van der Waals surface area (Å²) in [6, 6.07) is 18.7. The number of hydrogen-bond donors (Lipinski definition) is 2. The van der Waals surface area contributed by atoms with Crippen molar-refractivity contribution in [1.29, 1.82) is 5.26 Å². The highest BCUT2D eigenvalue weighted by atomic mass is 16.5. The van der Waals surface area contributed by atoms with Crippen molar-refractivity contribution in [3.8, 4) is 17.6 Å². The van der Waals surface area contributed by atoms with Crippen LogP contribution in [0, 0.1) is 11.3 Å². The van der Waals surface area contributed by atoms with Crippen molar-refractivity contribution in [2.24, 2.45) is 0 Å². The van der Waals surface area contributed by atoms with E-state index in [4.69, 9.17) is 9.47 Å². The maximum atomic E-state index is 12.1. The van der Waals surface area contributed by atoms with Crippen LogP contribution in [0.1, 0.15) is 26.2 Å². The molecule has 1 amide bonds. The van der Waals surface area contributed by atoms with Crippen LogP contribution < -0.4 is 15.4 Å². The highest BCUT2D eigenvalue weighted by Gasteiger charge is 2.08. The van der Waals surface area contributed by atoms with Gasteiger partial charge in [-0.2, -0.15) is 5.26 Å². The monoisotopic (exact) mass is 393 g/mol. The van der Waals surface area contributed by atoms with Gasteiger partial charge in [-0.3, -0.25) is 4.79 Å². The van der Waals surface area contributed by atoms with E-state index in [0.717, 1.165) is 30.9 Å². The second kappa shape index (κ2) is 13.0. The van der Waals surface area contributed by atoms with Crippen LogP contribution >= 0.6 is 0 Å². The number of para-hydroxylation sites is 1. The van der Waals surface area contributed by atoms with Crippen LogP contribution in [0.3, 0.4) is 0 Å². The fourth-order valence-electron chi connectivity index (χ4n) is 2.37. The minimum atomic E-state index is -0.405. The van der Waals surface area contributed by atoms with Crippen molar-refractivity contribution in [2.45, 2.75) is 26.2 Å². The van der Waals surface area contributed by atoms with Crippen molar-refractivity contribution in [3.63, 3.8) is 0 Å². The molecule has 2 rings (SSSR count). The lowest BCUT2D eigenvalue weighted by Gasteiger charge is -2.08. The molecule has 0 saturated heterocycles. The zero-order valence-corrected chi connectivity index (χ0v) is 16.7. The van der Waals surface area contributed by atoms with E-state index in [9.17, 15) is 10.1 Å². The van der Waals surface area contributed by atoms with Gasteiger partial charge < -0.3 is 20.1 Å². The largest absolute Gasteiger partial charge is 0.457 e. The lowest BCUT2D eigenvalue weighted by Crippen LogP contribution is -2.26. The van der Waals surface area contributed by atoms with Gasteiger partial charge in [0.05, 0.1) is 0 Å². The highest BCUT2D eigenvalue weighted by Crippen LogP contribution is 2.22. The Hall–Kier alpha value is -3.30. The summed E-state index contributed by atoms with van der Waals surface area (Å²) in [5, 5.41) is 14.9. The van der Waals surface area contributed by atoms with Gasteiger partial charge in [-0.25, -0.2) is 0 Å². The molecule has 0 aliphatic carbocycles. The molecule has 6 heteroatoms. The van der Waals surface area contributed by atoms with Crippen LogP contribution in [-0.4, -0.2) is 25.7 Å². The molecule has 6 nitrogen and oxygen atoms in total. The molecule has 0 heterocycles. The molecule has 152 valence electrons. The molecule has 2 aromatic rings. The summed E-state index contributed by atoms with van der Waals surface area (Å²) in [5.41, 5.74) is 0.761. The summed E-state index contributed by atoms with van der Waals surface area (Å²) in [6.45, 7) is 3.92. The number of amides is 1. The van der Waals surface area contributed by atoms with Crippen molar-refractivity contribution < 1.29 is 14.3 Å². The summed E-state index contributed by atoms with van der Waals surface area (Å²) < 4.78 is 11.2. The Morgan fingerprint density at radius 1 is 1.03 bits per heavy atom. The number of unbranched alkanes of at least 4 members (excludes halogenated alkanes) is 1. The molecule has 2 aromatic carbocycles. The van der Waals surface area contributed by atoms with Gasteiger partial charge in [0.25, 0.3) is 5.91 Å². The van der Waals surface area contributed by atoms with Crippen LogP contribution in [0.2, 0.25) is 0 Å². The molecule has 0 saturated carbocycles. The molecule has 2 N–H and O–H groups in total. The van der Waals surface area contributed by atoms with Crippen molar-refractivity contribution in [2.75, 3.05) is 25.1 Å². The van der Waals surface area contributed by atoms with E-state index < -0.39 is 5.91 Å². The number of nitrogens with zero attached hydrogens (tertiary/aromatic N) is 1. The lowest BCUT2D eigenvalue weighted by atomic mass is 10.2. The number of anilines is 1. The first-order valence-corrected chi connectivity index (χ1v) is 9.78. The van der Waals surface area contributed by atoms with E-state index in [1.807, 2.05) is 60.7 Å². The summed E-state index contributed by atoms with van der Waals surface area (Å²) in [6.07, 6.45) is 4.26. The molecule has 0 aromatic heterocycles. The van der Waals surface area contributed by atoms with Gasteiger partial charge in [-0.1, -0.05) is 31.5 Å². The normalized spacial score (nSPS) is 10.8. The van der Waals surface area contributed by atoms with E-state index in [0.29, 0.717) is 25.3 Å². The van der Waals surface area contributed by atoms with Crippen molar-refractivity contribution >= 4 is 11.6 Å². The third-order valence-corrected chi connectivity index (χ3v) is 3.97. The number of rotatable bonds is 12. The van der Waals surface area contributed by atoms with E-state index in [2.05, 4.69) is 17.6 Å². The first-order chi connectivity index (χ1) is 14.2. The zero-order valence-electron chi connectivity index (χ0n) is 16.7. The molecule has 0 spiro atoms. The molecule has 0 fully saturated rings. The fourth-order valence-corrected chi connectivity index (χ4v) is 2.37. The third-order valence-electron chi connectivity index (χ3n) is 3.97. The Morgan fingerprint density at radius 2 is 1.72 bits per heavy atom. The standard InChI is InChI=1S/C23H27N3O3/c1-2-3-15-28-16-7-14-25-23(27)19(17-24)18-26-20-10-12-22(13-11-20)29-21-8-5-4-6-9-21/h4-6,8-13,18,26H,2-3,7,14-16H2,1H3,(H,25,27)/b19-18-. The summed E-state index contributed by atoms with van der Waals surface area (Å²) >= 11 is 0. The van der Waals surface area contributed by atoms with E-state index in [-0.39, 0.29) is 5.57 Å². The summed E-state index contributed by atoms with van der Waals surface area (Å²) in [7, 11) is 0. The average molecular weight is 393 g/mol. The number of nitriles is 1. The minimum Gasteiger partial charge on any atom is -0.457 e. The molecular weight excluding hydrogens is 366 g/mol. The van der Waals surface area contributed by atoms with Gasteiger partial charge >= 0.3 is 0 Å². The molecule has 0 unspecified atom stereocenters. The number of carbonyl (C=O) groups excluding carboxylic acids is 1. The minimum absolute atomic E-state index is 0.0153. The van der Waals surface area contributed by atoms with Gasteiger partial charge in [0.1, 0.15) is 23.1 Å². The van der Waals surface area contributed by atoms with Crippen LogP contribution in [0.25, 0.3) is 0 Å². The van der Waals surface area contributed by atoms with Crippen LogP contribution in [0.4, 0.5) is 5.69 Å². The first-order valence-electron chi connectivity index (χ1n) is 9.78. The number of nitrogens with one attached hydrogen (secondary N) is 2. The molecule has 0 bridgehead atoms. The number of carbonyl (C=O) groups is 1. The van der Waals surface area contributed by atoms with Gasteiger partial charge in [0.15, 0.2) is 0 Å². The van der Waals surface area contributed by atoms with Crippen LogP contribution in [0.15, 0.2) is 66.4 Å². The second-order valence-electron chi connectivity index (χ2n) is 6.33. The lowest BCUT2D eigenvalue weighted by molar-refractivity contribution is -0.117. The van der Waals surface area contributed by atoms with Gasteiger partial charge in [-0.15, -0.1) is 0 Å². The average Bonchev–Trinajstić information content (AvgIpc) is 2.75. The zero-order chi connectivity index (χ0) is 20.7.